The molecule has 1 heterocycles. The van der Waals surface area contributed by atoms with E-state index in [1.165, 1.54) is 13.4 Å². The number of carboxylic acids is 1. The molecule has 5 nitrogen and oxygen atoms in total. The number of hydrogen-bond acceptors (Lipinski definition) is 4. The quantitative estimate of drug-likeness (QED) is 0.865. The molecule has 0 spiro atoms. The van der Waals surface area contributed by atoms with E-state index >= 15 is 0 Å². The lowest BCUT2D eigenvalue weighted by atomic mass is 9.87. The van der Waals surface area contributed by atoms with E-state index in [2.05, 4.69) is 9.97 Å². The Morgan fingerprint density at radius 1 is 1.41 bits per heavy atom. The Bertz CT molecular complexity index is 411. The maximum absolute atomic E-state index is 10.7. The third-order valence-corrected chi connectivity index (χ3v) is 2.40. The van der Waals surface area contributed by atoms with Gasteiger partial charge in [0.15, 0.2) is 0 Å². The van der Waals surface area contributed by atoms with Crippen molar-refractivity contribution >= 4 is 5.97 Å². The molecule has 1 rings (SSSR count). The minimum absolute atomic E-state index is 0.0484. The highest BCUT2D eigenvalue weighted by atomic mass is 16.5. The molecular weight excluding hydrogens is 220 g/mol. The molecule has 0 unspecified atom stereocenters. The molecular formula is C12H18N2O3. The summed E-state index contributed by atoms with van der Waals surface area (Å²) < 4.78 is 5.17. The van der Waals surface area contributed by atoms with Gasteiger partial charge in [-0.3, -0.25) is 4.79 Å². The van der Waals surface area contributed by atoms with Crippen molar-refractivity contribution in [1.82, 2.24) is 9.97 Å². The summed E-state index contributed by atoms with van der Waals surface area (Å²) in [6.07, 6.45) is 1.88. The fourth-order valence-electron chi connectivity index (χ4n) is 1.68. The summed E-state index contributed by atoms with van der Waals surface area (Å²) in [7, 11) is 1.53. The van der Waals surface area contributed by atoms with Crippen LogP contribution in [0.15, 0.2) is 6.33 Å². The SMILES string of the molecule is COc1ncnc(C(C)(C)C)c1CCC(=O)O. The molecule has 1 aromatic heterocycles. The summed E-state index contributed by atoms with van der Waals surface area (Å²) in [6.45, 7) is 6.08. The molecule has 0 fully saturated rings. The van der Waals surface area contributed by atoms with Crippen molar-refractivity contribution in [2.75, 3.05) is 7.11 Å². The van der Waals surface area contributed by atoms with Crippen molar-refractivity contribution in [3.63, 3.8) is 0 Å². The van der Waals surface area contributed by atoms with Gasteiger partial charge >= 0.3 is 5.97 Å². The Morgan fingerprint density at radius 2 is 2.06 bits per heavy atom. The van der Waals surface area contributed by atoms with Crippen LogP contribution < -0.4 is 4.74 Å². The molecule has 0 saturated carbocycles. The molecule has 0 amide bonds. The van der Waals surface area contributed by atoms with Gasteiger partial charge in [-0.25, -0.2) is 9.97 Å². The topological polar surface area (TPSA) is 72.3 Å². The van der Waals surface area contributed by atoms with Crippen LogP contribution in [0.25, 0.3) is 0 Å². The van der Waals surface area contributed by atoms with Crippen LogP contribution in [0.4, 0.5) is 0 Å². The predicted molar refractivity (Wildman–Crippen MR) is 63.2 cm³/mol. The van der Waals surface area contributed by atoms with Crippen LogP contribution in [0.3, 0.4) is 0 Å². The fourth-order valence-corrected chi connectivity index (χ4v) is 1.68. The van der Waals surface area contributed by atoms with Gasteiger partial charge in [-0.1, -0.05) is 20.8 Å². The van der Waals surface area contributed by atoms with E-state index in [9.17, 15) is 4.79 Å². The first-order chi connectivity index (χ1) is 7.86. The van der Waals surface area contributed by atoms with Gasteiger partial charge in [-0.2, -0.15) is 0 Å². The molecule has 0 bridgehead atoms. The summed E-state index contributed by atoms with van der Waals surface area (Å²) >= 11 is 0. The molecule has 0 atom stereocenters. The largest absolute Gasteiger partial charge is 0.481 e. The smallest absolute Gasteiger partial charge is 0.303 e. The van der Waals surface area contributed by atoms with Gasteiger partial charge in [-0.05, 0) is 6.42 Å². The van der Waals surface area contributed by atoms with Gasteiger partial charge in [0.25, 0.3) is 0 Å². The first-order valence-corrected chi connectivity index (χ1v) is 5.46. The van der Waals surface area contributed by atoms with Crippen LogP contribution in [0.2, 0.25) is 0 Å². The minimum Gasteiger partial charge on any atom is -0.481 e. The zero-order chi connectivity index (χ0) is 13.1. The van der Waals surface area contributed by atoms with Crippen molar-refractivity contribution in [3.8, 4) is 5.88 Å². The van der Waals surface area contributed by atoms with Crippen LogP contribution in [0, 0.1) is 0 Å². The van der Waals surface area contributed by atoms with Gasteiger partial charge < -0.3 is 9.84 Å². The molecule has 0 aliphatic rings. The molecule has 0 aliphatic carbocycles. The zero-order valence-corrected chi connectivity index (χ0v) is 10.6. The normalized spacial score (nSPS) is 11.3. The predicted octanol–water partition coefficient (Wildman–Crippen LogP) is 1.80. The van der Waals surface area contributed by atoms with Crippen molar-refractivity contribution in [2.24, 2.45) is 0 Å². The Balaban J connectivity index is 3.16. The number of aromatic nitrogens is 2. The molecule has 0 aromatic carbocycles. The molecule has 5 heteroatoms. The fraction of sp³-hybridized carbons (Fsp3) is 0.583. The van der Waals surface area contributed by atoms with E-state index < -0.39 is 5.97 Å². The second-order valence-corrected chi connectivity index (χ2v) is 4.85. The number of hydrogen-bond donors (Lipinski definition) is 1. The zero-order valence-electron chi connectivity index (χ0n) is 10.6. The maximum atomic E-state index is 10.7. The molecule has 0 saturated heterocycles. The number of methoxy groups -OCH3 is 1. The molecule has 1 aromatic rings. The van der Waals surface area contributed by atoms with Gasteiger partial charge in [0.05, 0.1) is 12.8 Å². The Kier molecular flexibility index (Phi) is 4.04. The third kappa shape index (κ3) is 3.41. The first kappa shape index (κ1) is 13.4. The van der Waals surface area contributed by atoms with E-state index in [0.717, 1.165) is 11.3 Å². The number of carboxylic acid groups (broad SMARTS) is 1. The van der Waals surface area contributed by atoms with E-state index in [-0.39, 0.29) is 11.8 Å². The standard InChI is InChI=1S/C12H18N2O3/c1-12(2,3)10-8(5-6-9(15)16)11(17-4)14-7-13-10/h7H,5-6H2,1-4H3,(H,15,16). The summed E-state index contributed by atoms with van der Waals surface area (Å²) in [5.41, 5.74) is 1.46. The number of carbonyl (C=O) groups is 1. The summed E-state index contributed by atoms with van der Waals surface area (Å²) in [6, 6.07) is 0. The van der Waals surface area contributed by atoms with Crippen LogP contribution >= 0.6 is 0 Å². The highest BCUT2D eigenvalue weighted by Gasteiger charge is 2.23. The Labute approximate surface area is 101 Å². The van der Waals surface area contributed by atoms with Gasteiger partial charge in [0, 0.05) is 17.4 Å². The van der Waals surface area contributed by atoms with Crippen LogP contribution in [0.1, 0.15) is 38.4 Å². The van der Waals surface area contributed by atoms with Gasteiger partial charge in [0.1, 0.15) is 6.33 Å². The van der Waals surface area contributed by atoms with Crippen LogP contribution in [0.5, 0.6) is 5.88 Å². The van der Waals surface area contributed by atoms with Gasteiger partial charge in [-0.15, -0.1) is 0 Å². The highest BCUT2D eigenvalue weighted by Crippen LogP contribution is 2.29. The average molecular weight is 238 g/mol. The van der Waals surface area contributed by atoms with Crippen molar-refractivity contribution in [2.45, 2.75) is 39.0 Å². The van der Waals surface area contributed by atoms with E-state index in [0.29, 0.717) is 12.3 Å². The van der Waals surface area contributed by atoms with Crippen molar-refractivity contribution in [1.29, 1.82) is 0 Å². The highest BCUT2D eigenvalue weighted by molar-refractivity contribution is 5.67. The van der Waals surface area contributed by atoms with E-state index in [4.69, 9.17) is 9.84 Å². The van der Waals surface area contributed by atoms with Gasteiger partial charge in [0.2, 0.25) is 5.88 Å². The third-order valence-electron chi connectivity index (χ3n) is 2.40. The summed E-state index contributed by atoms with van der Waals surface area (Å²) in [4.78, 5) is 18.9. The monoisotopic (exact) mass is 238 g/mol. The molecule has 0 aliphatic heterocycles. The Morgan fingerprint density at radius 3 is 2.53 bits per heavy atom. The molecule has 1 N–H and O–H groups in total. The van der Waals surface area contributed by atoms with E-state index in [1.54, 1.807) is 0 Å². The van der Waals surface area contributed by atoms with Crippen LogP contribution in [-0.2, 0) is 16.6 Å². The number of aliphatic carboxylic acids is 1. The van der Waals surface area contributed by atoms with E-state index in [1.807, 2.05) is 20.8 Å². The molecule has 0 radical (unpaired) electrons. The second kappa shape index (κ2) is 5.12. The van der Waals surface area contributed by atoms with Crippen molar-refractivity contribution in [3.05, 3.63) is 17.6 Å². The first-order valence-electron chi connectivity index (χ1n) is 5.46. The lowest BCUT2D eigenvalue weighted by Crippen LogP contribution is -2.18. The Hall–Kier alpha value is -1.65. The lowest BCUT2D eigenvalue weighted by molar-refractivity contribution is -0.136. The second-order valence-electron chi connectivity index (χ2n) is 4.85. The van der Waals surface area contributed by atoms with Crippen LogP contribution in [-0.4, -0.2) is 28.2 Å². The maximum Gasteiger partial charge on any atom is 0.303 e. The number of rotatable bonds is 4. The summed E-state index contributed by atoms with van der Waals surface area (Å²) in [5.74, 6) is -0.373. The number of ether oxygens (including phenoxy) is 1. The number of nitrogens with zero attached hydrogens (tertiary/aromatic N) is 2. The molecule has 17 heavy (non-hydrogen) atoms. The summed E-state index contributed by atoms with van der Waals surface area (Å²) in [5, 5.41) is 8.75. The lowest BCUT2D eigenvalue weighted by Gasteiger charge is -2.22. The molecule has 94 valence electrons. The van der Waals surface area contributed by atoms with Crippen molar-refractivity contribution < 1.29 is 14.6 Å². The minimum atomic E-state index is -0.837. The average Bonchev–Trinajstić information content (AvgIpc) is 2.24.